The quantitative estimate of drug-likeness (QED) is 0.725. The first-order valence-electron chi connectivity index (χ1n) is 9.51. The van der Waals surface area contributed by atoms with Crippen molar-refractivity contribution < 1.29 is 14.3 Å². The maximum atomic E-state index is 13.1. The van der Waals surface area contributed by atoms with Crippen LogP contribution in [0.15, 0.2) is 42.5 Å². The van der Waals surface area contributed by atoms with E-state index >= 15 is 0 Å². The second-order valence-corrected chi connectivity index (χ2v) is 7.45. The highest BCUT2D eigenvalue weighted by Gasteiger charge is 2.33. The molecule has 0 N–H and O–H groups in total. The van der Waals surface area contributed by atoms with Crippen molar-refractivity contribution in [3.63, 3.8) is 0 Å². The second-order valence-electron chi connectivity index (χ2n) is 7.45. The Bertz CT molecular complexity index is 838. The van der Waals surface area contributed by atoms with Crippen LogP contribution < -0.4 is 4.74 Å². The SMILES string of the molecule is CC(=O)c1cccc(OC(C)C(=O)N2CCCC2c2cc(C)cc(C)c2)c1. The van der Waals surface area contributed by atoms with Gasteiger partial charge in [-0.3, -0.25) is 9.59 Å². The number of carbonyl (C=O) groups is 2. The van der Waals surface area contributed by atoms with Gasteiger partial charge in [0, 0.05) is 12.1 Å². The summed E-state index contributed by atoms with van der Waals surface area (Å²) in [5.74, 6) is 0.518. The number of amides is 1. The van der Waals surface area contributed by atoms with Crippen molar-refractivity contribution in [3.05, 3.63) is 64.7 Å². The zero-order valence-corrected chi connectivity index (χ0v) is 16.5. The molecule has 142 valence electrons. The molecule has 3 rings (SSSR count). The Morgan fingerprint density at radius 3 is 2.48 bits per heavy atom. The van der Waals surface area contributed by atoms with Crippen LogP contribution in [0.5, 0.6) is 5.75 Å². The predicted octanol–water partition coefficient (Wildman–Crippen LogP) is 4.64. The molecule has 0 radical (unpaired) electrons. The first kappa shape index (κ1) is 19.2. The molecular formula is C23H27NO3. The topological polar surface area (TPSA) is 46.6 Å². The molecule has 0 bridgehead atoms. The molecule has 1 fully saturated rings. The molecule has 2 aromatic carbocycles. The standard InChI is InChI=1S/C23H27NO3/c1-15-11-16(2)13-20(12-15)22-9-6-10-24(22)23(26)18(4)27-21-8-5-7-19(14-21)17(3)25/h5,7-8,11-14,18,22H,6,9-10H2,1-4H3. The monoisotopic (exact) mass is 365 g/mol. The Kier molecular flexibility index (Phi) is 5.64. The van der Waals surface area contributed by atoms with E-state index in [1.165, 1.54) is 23.6 Å². The summed E-state index contributed by atoms with van der Waals surface area (Å²) in [5.41, 5.74) is 4.22. The fourth-order valence-electron chi connectivity index (χ4n) is 3.86. The van der Waals surface area contributed by atoms with Crippen LogP contribution in [-0.4, -0.2) is 29.2 Å². The first-order valence-corrected chi connectivity index (χ1v) is 9.51. The molecule has 1 saturated heterocycles. The molecule has 0 spiro atoms. The van der Waals surface area contributed by atoms with Gasteiger partial charge < -0.3 is 9.64 Å². The minimum absolute atomic E-state index is 0.00936. The largest absolute Gasteiger partial charge is 0.481 e. The summed E-state index contributed by atoms with van der Waals surface area (Å²) in [6.07, 6.45) is 1.37. The fraction of sp³-hybridized carbons (Fsp3) is 0.391. The van der Waals surface area contributed by atoms with Crippen LogP contribution in [0, 0.1) is 13.8 Å². The Morgan fingerprint density at radius 1 is 1.11 bits per heavy atom. The molecule has 0 saturated carbocycles. The molecule has 2 unspecified atom stereocenters. The van der Waals surface area contributed by atoms with Gasteiger partial charge in [-0.2, -0.15) is 0 Å². The van der Waals surface area contributed by atoms with Gasteiger partial charge in [-0.15, -0.1) is 0 Å². The van der Waals surface area contributed by atoms with Gasteiger partial charge in [0.05, 0.1) is 6.04 Å². The van der Waals surface area contributed by atoms with Gasteiger partial charge in [0.2, 0.25) is 0 Å². The van der Waals surface area contributed by atoms with Crippen LogP contribution >= 0.6 is 0 Å². The maximum absolute atomic E-state index is 13.1. The molecule has 1 aliphatic heterocycles. The number of hydrogen-bond donors (Lipinski definition) is 0. The number of nitrogens with zero attached hydrogens (tertiary/aromatic N) is 1. The van der Waals surface area contributed by atoms with Crippen LogP contribution in [0.25, 0.3) is 0 Å². The van der Waals surface area contributed by atoms with E-state index in [1.807, 2.05) is 4.90 Å². The number of likely N-dealkylation sites (tertiary alicyclic amines) is 1. The van der Waals surface area contributed by atoms with E-state index in [0.717, 1.165) is 19.4 Å². The molecule has 1 heterocycles. The van der Waals surface area contributed by atoms with Gasteiger partial charge in [0.25, 0.3) is 5.91 Å². The summed E-state index contributed by atoms with van der Waals surface area (Å²) in [4.78, 5) is 26.5. The van der Waals surface area contributed by atoms with Crippen LogP contribution in [0.3, 0.4) is 0 Å². The Hall–Kier alpha value is -2.62. The predicted molar refractivity (Wildman–Crippen MR) is 106 cm³/mol. The normalized spacial score (nSPS) is 17.6. The van der Waals surface area contributed by atoms with Crippen LogP contribution in [0.4, 0.5) is 0 Å². The van der Waals surface area contributed by atoms with Gasteiger partial charge in [-0.1, -0.05) is 41.5 Å². The molecule has 2 atom stereocenters. The van der Waals surface area contributed by atoms with Crippen molar-refractivity contribution in [1.82, 2.24) is 4.90 Å². The Morgan fingerprint density at radius 2 is 1.81 bits per heavy atom. The highest BCUT2D eigenvalue weighted by molar-refractivity contribution is 5.94. The third-order valence-electron chi connectivity index (χ3n) is 5.07. The average molecular weight is 365 g/mol. The summed E-state index contributed by atoms with van der Waals surface area (Å²) in [6, 6.07) is 13.6. The molecule has 1 aliphatic rings. The molecule has 1 amide bonds. The van der Waals surface area contributed by atoms with Gasteiger partial charge in [-0.25, -0.2) is 0 Å². The number of rotatable bonds is 5. The van der Waals surface area contributed by atoms with E-state index in [0.29, 0.717) is 11.3 Å². The molecule has 0 aromatic heterocycles. The first-order chi connectivity index (χ1) is 12.8. The number of ether oxygens (including phenoxy) is 1. The van der Waals surface area contributed by atoms with Crippen molar-refractivity contribution in [1.29, 1.82) is 0 Å². The number of benzene rings is 2. The fourth-order valence-corrected chi connectivity index (χ4v) is 3.86. The van der Waals surface area contributed by atoms with Crippen molar-refractivity contribution in [3.8, 4) is 5.75 Å². The van der Waals surface area contributed by atoms with Crippen molar-refractivity contribution in [2.24, 2.45) is 0 Å². The van der Waals surface area contributed by atoms with E-state index in [1.54, 1.807) is 31.2 Å². The smallest absolute Gasteiger partial charge is 0.263 e. The van der Waals surface area contributed by atoms with E-state index in [4.69, 9.17) is 4.74 Å². The lowest BCUT2D eigenvalue weighted by Gasteiger charge is -2.28. The van der Waals surface area contributed by atoms with Gasteiger partial charge in [0.15, 0.2) is 11.9 Å². The lowest BCUT2D eigenvalue weighted by Crippen LogP contribution is -2.40. The minimum Gasteiger partial charge on any atom is -0.481 e. The Balaban J connectivity index is 1.75. The van der Waals surface area contributed by atoms with E-state index in [-0.39, 0.29) is 17.7 Å². The van der Waals surface area contributed by atoms with Crippen LogP contribution in [-0.2, 0) is 4.79 Å². The second kappa shape index (κ2) is 7.95. The minimum atomic E-state index is -0.598. The number of carbonyl (C=O) groups excluding carboxylic acids is 2. The zero-order chi connectivity index (χ0) is 19.6. The number of ketones is 1. The summed E-state index contributed by atoms with van der Waals surface area (Å²) in [7, 11) is 0. The highest BCUT2D eigenvalue weighted by atomic mass is 16.5. The molecule has 27 heavy (non-hydrogen) atoms. The molecule has 0 aliphatic carbocycles. The molecular weight excluding hydrogens is 338 g/mol. The highest BCUT2D eigenvalue weighted by Crippen LogP contribution is 2.33. The van der Waals surface area contributed by atoms with Crippen molar-refractivity contribution >= 4 is 11.7 Å². The summed E-state index contributed by atoms with van der Waals surface area (Å²) < 4.78 is 5.87. The third kappa shape index (κ3) is 4.38. The van der Waals surface area contributed by atoms with Gasteiger partial charge >= 0.3 is 0 Å². The average Bonchev–Trinajstić information content (AvgIpc) is 3.10. The number of hydrogen-bond acceptors (Lipinski definition) is 3. The number of aryl methyl sites for hydroxylation is 2. The molecule has 4 heteroatoms. The summed E-state index contributed by atoms with van der Waals surface area (Å²) in [5, 5.41) is 0. The molecule has 2 aromatic rings. The zero-order valence-electron chi connectivity index (χ0n) is 16.5. The van der Waals surface area contributed by atoms with Gasteiger partial charge in [0.1, 0.15) is 5.75 Å². The van der Waals surface area contributed by atoms with E-state index < -0.39 is 6.10 Å². The van der Waals surface area contributed by atoms with E-state index in [9.17, 15) is 9.59 Å². The van der Waals surface area contributed by atoms with Crippen molar-refractivity contribution in [2.45, 2.75) is 52.7 Å². The lowest BCUT2D eigenvalue weighted by atomic mass is 9.99. The van der Waals surface area contributed by atoms with Crippen LogP contribution in [0.2, 0.25) is 0 Å². The van der Waals surface area contributed by atoms with E-state index in [2.05, 4.69) is 32.0 Å². The maximum Gasteiger partial charge on any atom is 0.263 e. The molecule has 4 nitrogen and oxygen atoms in total. The lowest BCUT2D eigenvalue weighted by molar-refractivity contribution is -0.138. The van der Waals surface area contributed by atoms with Crippen molar-refractivity contribution in [2.75, 3.05) is 6.54 Å². The summed E-state index contributed by atoms with van der Waals surface area (Å²) >= 11 is 0. The third-order valence-corrected chi connectivity index (χ3v) is 5.07. The Labute approximate surface area is 161 Å². The van der Waals surface area contributed by atoms with Gasteiger partial charge in [-0.05, 0) is 58.2 Å². The number of Topliss-reactive ketones (excluding diaryl/α,β-unsaturated/α-hetero) is 1. The van der Waals surface area contributed by atoms with Crippen LogP contribution in [0.1, 0.15) is 59.8 Å². The summed E-state index contributed by atoms with van der Waals surface area (Å²) in [6.45, 7) is 8.22.